The van der Waals surface area contributed by atoms with Crippen molar-refractivity contribution >= 4 is 22.4 Å². The van der Waals surface area contributed by atoms with Gasteiger partial charge in [-0.25, -0.2) is 9.37 Å². The van der Waals surface area contributed by atoms with Crippen molar-refractivity contribution in [3.63, 3.8) is 0 Å². The highest BCUT2D eigenvalue weighted by atomic mass is 32.1. The molecule has 5 nitrogen and oxygen atoms in total. The molecular formula is C16H18FN3O2S. The van der Waals surface area contributed by atoms with Crippen molar-refractivity contribution in [3.8, 4) is 5.75 Å². The predicted molar refractivity (Wildman–Crippen MR) is 87.2 cm³/mol. The number of carbonyl (C=O) groups excluding carboxylic acids is 1. The molecule has 122 valence electrons. The minimum atomic E-state index is -0.369. The van der Waals surface area contributed by atoms with Gasteiger partial charge in [0.1, 0.15) is 6.61 Å². The molecule has 3 rings (SSSR count). The van der Waals surface area contributed by atoms with Crippen LogP contribution in [0.15, 0.2) is 35.8 Å². The number of nitrogens with zero attached hydrogens (tertiary/aromatic N) is 2. The molecule has 0 spiro atoms. The van der Waals surface area contributed by atoms with Crippen LogP contribution in [0.25, 0.3) is 0 Å². The molecule has 1 unspecified atom stereocenters. The molecule has 23 heavy (non-hydrogen) atoms. The summed E-state index contributed by atoms with van der Waals surface area (Å²) in [6.07, 6.45) is 3.45. The molecule has 0 radical (unpaired) electrons. The van der Waals surface area contributed by atoms with Crippen molar-refractivity contribution in [2.75, 3.05) is 25.0 Å². The number of hydrogen-bond donors (Lipinski definition) is 1. The molecule has 0 aliphatic carbocycles. The Labute approximate surface area is 138 Å². The number of aromatic nitrogens is 1. The Morgan fingerprint density at radius 1 is 1.48 bits per heavy atom. The normalized spacial score (nSPS) is 18.0. The van der Waals surface area contributed by atoms with E-state index >= 15 is 0 Å². The van der Waals surface area contributed by atoms with Crippen LogP contribution in [-0.4, -0.2) is 41.5 Å². The standard InChI is InChI=1S/C16H18FN3O2S/c17-12-4-1-2-6-14(12)22-10-9-20-8-3-5-13(20)15(21)19-16-18-7-11-23-16/h1-2,4,6-7,11,13H,3,5,8-10H2,(H,18,19,21). The number of carbonyl (C=O) groups is 1. The van der Waals surface area contributed by atoms with Crippen LogP contribution in [0.1, 0.15) is 12.8 Å². The third-order valence-corrected chi connectivity index (χ3v) is 4.49. The Balaban J connectivity index is 1.51. The van der Waals surface area contributed by atoms with Crippen LogP contribution in [0.4, 0.5) is 9.52 Å². The Bertz CT molecular complexity index is 651. The maximum absolute atomic E-state index is 13.5. The lowest BCUT2D eigenvalue weighted by molar-refractivity contribution is -0.120. The van der Waals surface area contributed by atoms with Crippen LogP contribution >= 0.6 is 11.3 Å². The maximum atomic E-state index is 13.5. The van der Waals surface area contributed by atoms with E-state index in [0.29, 0.717) is 18.3 Å². The third kappa shape index (κ3) is 4.05. The second-order valence-corrected chi connectivity index (χ2v) is 6.19. The zero-order chi connectivity index (χ0) is 16.1. The summed E-state index contributed by atoms with van der Waals surface area (Å²) >= 11 is 1.40. The largest absolute Gasteiger partial charge is 0.489 e. The lowest BCUT2D eigenvalue weighted by Gasteiger charge is -2.23. The fourth-order valence-corrected chi connectivity index (χ4v) is 3.23. The van der Waals surface area contributed by atoms with E-state index in [9.17, 15) is 9.18 Å². The van der Waals surface area contributed by atoms with Gasteiger partial charge in [-0.3, -0.25) is 9.69 Å². The van der Waals surface area contributed by atoms with Crippen molar-refractivity contribution in [1.82, 2.24) is 9.88 Å². The summed E-state index contributed by atoms with van der Waals surface area (Å²) < 4.78 is 19.0. The summed E-state index contributed by atoms with van der Waals surface area (Å²) in [5.74, 6) is -0.161. The van der Waals surface area contributed by atoms with E-state index < -0.39 is 0 Å². The van der Waals surface area contributed by atoms with Crippen LogP contribution in [0.3, 0.4) is 0 Å². The molecule has 1 aliphatic rings. The van der Waals surface area contributed by atoms with E-state index in [1.165, 1.54) is 17.4 Å². The molecule has 0 bridgehead atoms. The monoisotopic (exact) mass is 335 g/mol. The SMILES string of the molecule is O=C(Nc1nccs1)C1CCCN1CCOc1ccccc1F. The smallest absolute Gasteiger partial charge is 0.243 e. The topological polar surface area (TPSA) is 54.5 Å². The number of nitrogens with one attached hydrogen (secondary N) is 1. The van der Waals surface area contributed by atoms with Gasteiger partial charge in [0, 0.05) is 18.1 Å². The summed E-state index contributed by atoms with van der Waals surface area (Å²) in [6, 6.07) is 6.16. The first-order valence-electron chi connectivity index (χ1n) is 7.56. The lowest BCUT2D eigenvalue weighted by Crippen LogP contribution is -2.41. The van der Waals surface area contributed by atoms with Crippen molar-refractivity contribution in [1.29, 1.82) is 0 Å². The number of anilines is 1. The molecule has 2 aromatic rings. The Hall–Kier alpha value is -1.99. The van der Waals surface area contributed by atoms with Crippen LogP contribution in [-0.2, 0) is 4.79 Å². The number of halogens is 1. The fourth-order valence-electron chi connectivity index (χ4n) is 2.70. The molecule has 1 aliphatic heterocycles. The first-order chi connectivity index (χ1) is 11.2. The second-order valence-electron chi connectivity index (χ2n) is 5.30. The van der Waals surface area contributed by atoms with E-state index in [2.05, 4.69) is 15.2 Å². The fraction of sp³-hybridized carbons (Fsp3) is 0.375. The summed E-state index contributed by atoms with van der Waals surface area (Å²) in [4.78, 5) is 18.5. The van der Waals surface area contributed by atoms with E-state index in [-0.39, 0.29) is 23.5 Å². The first kappa shape index (κ1) is 15.9. The zero-order valence-electron chi connectivity index (χ0n) is 12.6. The number of rotatable bonds is 6. The van der Waals surface area contributed by atoms with Gasteiger partial charge in [0.15, 0.2) is 16.7 Å². The van der Waals surface area contributed by atoms with Crippen LogP contribution in [0, 0.1) is 5.82 Å². The molecule has 1 atom stereocenters. The van der Waals surface area contributed by atoms with E-state index in [1.54, 1.807) is 24.4 Å². The average Bonchev–Trinajstić information content (AvgIpc) is 3.20. The van der Waals surface area contributed by atoms with Crippen LogP contribution in [0.2, 0.25) is 0 Å². The number of likely N-dealkylation sites (tertiary alicyclic amines) is 1. The third-order valence-electron chi connectivity index (χ3n) is 3.80. The molecule has 1 N–H and O–H groups in total. The van der Waals surface area contributed by atoms with Gasteiger partial charge in [-0.1, -0.05) is 12.1 Å². The Morgan fingerprint density at radius 2 is 2.35 bits per heavy atom. The van der Waals surface area contributed by atoms with Gasteiger partial charge in [0.05, 0.1) is 6.04 Å². The number of ether oxygens (including phenoxy) is 1. The van der Waals surface area contributed by atoms with Gasteiger partial charge in [-0.15, -0.1) is 11.3 Å². The number of para-hydroxylation sites is 1. The highest BCUT2D eigenvalue weighted by molar-refractivity contribution is 7.13. The van der Waals surface area contributed by atoms with Crippen LogP contribution < -0.4 is 10.1 Å². The van der Waals surface area contributed by atoms with Crippen molar-refractivity contribution in [3.05, 3.63) is 41.7 Å². The van der Waals surface area contributed by atoms with Gasteiger partial charge in [-0.2, -0.15) is 0 Å². The van der Waals surface area contributed by atoms with Gasteiger partial charge >= 0.3 is 0 Å². The molecular weight excluding hydrogens is 317 g/mol. The molecule has 1 fully saturated rings. The zero-order valence-corrected chi connectivity index (χ0v) is 13.4. The van der Waals surface area contributed by atoms with E-state index in [0.717, 1.165) is 19.4 Å². The highest BCUT2D eigenvalue weighted by Crippen LogP contribution is 2.20. The minimum absolute atomic E-state index is 0.0386. The summed E-state index contributed by atoms with van der Waals surface area (Å²) in [6.45, 7) is 1.78. The van der Waals surface area contributed by atoms with Crippen LogP contribution in [0.5, 0.6) is 5.75 Å². The number of benzene rings is 1. The van der Waals surface area contributed by atoms with Gasteiger partial charge in [-0.05, 0) is 31.5 Å². The molecule has 0 saturated carbocycles. The molecule has 1 aromatic carbocycles. The number of thiazole rings is 1. The van der Waals surface area contributed by atoms with Crippen molar-refractivity contribution in [2.24, 2.45) is 0 Å². The Morgan fingerprint density at radius 3 is 3.13 bits per heavy atom. The van der Waals surface area contributed by atoms with Gasteiger partial charge < -0.3 is 10.1 Å². The van der Waals surface area contributed by atoms with E-state index in [1.807, 2.05) is 5.38 Å². The predicted octanol–water partition coefficient (Wildman–Crippen LogP) is 2.76. The Kier molecular flexibility index (Phi) is 5.19. The molecule has 2 heterocycles. The first-order valence-corrected chi connectivity index (χ1v) is 8.44. The molecule has 1 amide bonds. The van der Waals surface area contributed by atoms with Gasteiger partial charge in [0.25, 0.3) is 0 Å². The second kappa shape index (κ2) is 7.52. The highest BCUT2D eigenvalue weighted by Gasteiger charge is 2.30. The minimum Gasteiger partial charge on any atom is -0.489 e. The quantitative estimate of drug-likeness (QED) is 0.882. The molecule has 1 aromatic heterocycles. The van der Waals surface area contributed by atoms with Crippen molar-refractivity contribution in [2.45, 2.75) is 18.9 Å². The summed E-state index contributed by atoms with van der Waals surface area (Å²) in [5, 5.41) is 5.28. The maximum Gasteiger partial charge on any atom is 0.243 e. The molecule has 1 saturated heterocycles. The number of hydrogen-bond acceptors (Lipinski definition) is 5. The lowest BCUT2D eigenvalue weighted by atomic mass is 10.2. The van der Waals surface area contributed by atoms with E-state index in [4.69, 9.17) is 4.74 Å². The summed E-state index contributed by atoms with van der Waals surface area (Å²) in [7, 11) is 0. The van der Waals surface area contributed by atoms with Crippen molar-refractivity contribution < 1.29 is 13.9 Å². The average molecular weight is 335 g/mol. The number of amides is 1. The van der Waals surface area contributed by atoms with Gasteiger partial charge in [0.2, 0.25) is 5.91 Å². The molecule has 7 heteroatoms. The summed E-state index contributed by atoms with van der Waals surface area (Å²) in [5.41, 5.74) is 0.